The first-order valence-electron chi connectivity index (χ1n) is 7.57. The summed E-state index contributed by atoms with van der Waals surface area (Å²) in [5.74, 6) is -0.605. The second-order valence-corrected chi connectivity index (χ2v) is 6.31. The Morgan fingerprint density at radius 2 is 2.00 bits per heavy atom. The highest BCUT2D eigenvalue weighted by molar-refractivity contribution is 5.59. The van der Waals surface area contributed by atoms with Crippen LogP contribution in [0.1, 0.15) is 36.1 Å². The zero-order chi connectivity index (χ0) is 18.1. The standard InChI is InChI=1S/C16H12F3N3O3/c1-20-10-3-2-8(6-9(10)16(17,18)19)21-14(24)13-7-4-11(12(23)5-7)22(13)15(21)25/h2-3,6-7,11-12,23-24H,4-5H2/t7?,11?,12-/m0/s1. The molecule has 2 aromatic rings. The number of halogens is 3. The first-order chi connectivity index (χ1) is 11.7. The van der Waals surface area contributed by atoms with Gasteiger partial charge in [0.05, 0.1) is 35.7 Å². The van der Waals surface area contributed by atoms with Gasteiger partial charge >= 0.3 is 11.9 Å². The van der Waals surface area contributed by atoms with Gasteiger partial charge in [-0.3, -0.25) is 4.57 Å². The Morgan fingerprint density at radius 3 is 2.64 bits per heavy atom. The Morgan fingerprint density at radius 1 is 1.28 bits per heavy atom. The number of hydrogen-bond acceptors (Lipinski definition) is 3. The third-order valence-corrected chi connectivity index (χ3v) is 4.98. The number of imidazole rings is 1. The zero-order valence-corrected chi connectivity index (χ0v) is 12.7. The molecule has 1 aliphatic heterocycles. The lowest BCUT2D eigenvalue weighted by Crippen LogP contribution is -2.31. The SMILES string of the molecule is [C-]#[N+]c1ccc(-n2c(O)c3n(c2=O)C2CC3C[C@@H]2O)cc1C(F)(F)F. The van der Waals surface area contributed by atoms with E-state index in [0.717, 1.165) is 10.6 Å². The fraction of sp³-hybridized carbons (Fsp3) is 0.375. The van der Waals surface area contributed by atoms with Gasteiger partial charge in [-0.15, -0.1) is 0 Å². The van der Waals surface area contributed by atoms with Crippen molar-refractivity contribution in [3.8, 4) is 11.6 Å². The van der Waals surface area contributed by atoms with Gasteiger partial charge in [-0.2, -0.15) is 13.2 Å². The molecule has 1 aromatic heterocycles. The van der Waals surface area contributed by atoms with E-state index < -0.39 is 41.1 Å². The smallest absolute Gasteiger partial charge is 0.407 e. The first kappa shape index (κ1) is 15.8. The van der Waals surface area contributed by atoms with Crippen LogP contribution in [0.5, 0.6) is 5.88 Å². The molecule has 9 heteroatoms. The van der Waals surface area contributed by atoms with Crippen molar-refractivity contribution < 1.29 is 23.4 Å². The summed E-state index contributed by atoms with van der Waals surface area (Å²) in [6.45, 7) is 6.86. The van der Waals surface area contributed by atoms with E-state index >= 15 is 0 Å². The molecule has 2 bridgehead atoms. The fourth-order valence-electron chi connectivity index (χ4n) is 3.94. The van der Waals surface area contributed by atoms with Crippen LogP contribution in [-0.2, 0) is 6.18 Å². The predicted octanol–water partition coefficient (Wildman–Crippen LogP) is 2.71. The predicted molar refractivity (Wildman–Crippen MR) is 80.0 cm³/mol. The molecule has 6 nitrogen and oxygen atoms in total. The highest BCUT2D eigenvalue weighted by atomic mass is 19.4. The van der Waals surface area contributed by atoms with Gasteiger partial charge in [0.2, 0.25) is 5.88 Å². The molecule has 25 heavy (non-hydrogen) atoms. The number of fused-ring (bicyclic) bond motifs is 5. The monoisotopic (exact) mass is 351 g/mol. The third kappa shape index (κ3) is 2.04. The van der Waals surface area contributed by atoms with E-state index in [-0.39, 0.29) is 11.6 Å². The zero-order valence-electron chi connectivity index (χ0n) is 12.7. The average Bonchev–Trinajstić information content (AvgIpc) is 3.17. The molecule has 130 valence electrons. The first-order valence-corrected chi connectivity index (χ1v) is 7.57. The average molecular weight is 351 g/mol. The summed E-state index contributed by atoms with van der Waals surface area (Å²) in [6.07, 6.45) is -4.52. The maximum absolute atomic E-state index is 13.1. The number of benzene rings is 1. The van der Waals surface area contributed by atoms with Gasteiger partial charge in [0.25, 0.3) is 0 Å². The third-order valence-electron chi connectivity index (χ3n) is 4.98. The van der Waals surface area contributed by atoms with Crippen LogP contribution in [-0.4, -0.2) is 25.5 Å². The van der Waals surface area contributed by atoms with Gasteiger partial charge in [-0.1, -0.05) is 6.07 Å². The molecule has 2 aliphatic rings. The minimum Gasteiger partial charge on any atom is -0.493 e. The van der Waals surface area contributed by atoms with Gasteiger partial charge in [0.15, 0.2) is 5.69 Å². The fourth-order valence-corrected chi connectivity index (χ4v) is 3.94. The lowest BCUT2D eigenvalue weighted by atomic mass is 10.1. The lowest BCUT2D eigenvalue weighted by Gasteiger charge is -2.18. The van der Waals surface area contributed by atoms with Crippen molar-refractivity contribution in [2.75, 3.05) is 0 Å². The van der Waals surface area contributed by atoms with Gasteiger partial charge in [0.1, 0.15) is 0 Å². The maximum Gasteiger partial charge on any atom is 0.407 e. The van der Waals surface area contributed by atoms with E-state index in [1.165, 1.54) is 10.6 Å². The Labute approximate surface area is 139 Å². The van der Waals surface area contributed by atoms with Crippen LogP contribution >= 0.6 is 0 Å². The van der Waals surface area contributed by atoms with Crippen molar-refractivity contribution in [1.82, 2.24) is 9.13 Å². The minimum absolute atomic E-state index is 0.169. The Bertz CT molecular complexity index is 983. The van der Waals surface area contributed by atoms with Crippen LogP contribution in [0.2, 0.25) is 0 Å². The van der Waals surface area contributed by atoms with Crippen molar-refractivity contribution in [1.29, 1.82) is 0 Å². The summed E-state index contributed by atoms with van der Waals surface area (Å²) in [4.78, 5) is 15.5. The van der Waals surface area contributed by atoms with Gasteiger partial charge in [0, 0.05) is 5.92 Å². The summed E-state index contributed by atoms with van der Waals surface area (Å²) in [5.41, 5.74) is -2.25. The summed E-state index contributed by atoms with van der Waals surface area (Å²) in [7, 11) is 0. The minimum atomic E-state index is -4.76. The molecule has 2 heterocycles. The molecule has 3 atom stereocenters. The van der Waals surface area contributed by atoms with Gasteiger partial charge < -0.3 is 10.2 Å². The molecule has 1 aromatic carbocycles. The van der Waals surface area contributed by atoms with Crippen molar-refractivity contribution in [2.24, 2.45) is 0 Å². The number of rotatable bonds is 1. The lowest BCUT2D eigenvalue weighted by molar-refractivity contribution is -0.136. The number of aliphatic hydroxyl groups is 1. The molecule has 0 spiro atoms. The number of aromatic nitrogens is 2. The normalized spacial score (nSPS) is 24.4. The van der Waals surface area contributed by atoms with Gasteiger partial charge in [-0.05, 0) is 25.0 Å². The number of alkyl halides is 3. The Balaban J connectivity index is 1.93. The van der Waals surface area contributed by atoms with E-state index in [9.17, 15) is 28.2 Å². The van der Waals surface area contributed by atoms with Crippen LogP contribution in [0, 0.1) is 6.57 Å². The molecule has 0 radical (unpaired) electrons. The Kier molecular flexibility index (Phi) is 3.09. The van der Waals surface area contributed by atoms with E-state index in [4.69, 9.17) is 6.57 Å². The topological polar surface area (TPSA) is 71.8 Å². The van der Waals surface area contributed by atoms with Crippen molar-refractivity contribution in [3.05, 3.63) is 51.4 Å². The molecular weight excluding hydrogens is 339 g/mol. The molecule has 0 saturated heterocycles. The Hall–Kier alpha value is -2.73. The van der Waals surface area contributed by atoms with Crippen LogP contribution in [0.15, 0.2) is 23.0 Å². The largest absolute Gasteiger partial charge is 0.493 e. The molecule has 1 aliphatic carbocycles. The molecule has 1 saturated carbocycles. The van der Waals surface area contributed by atoms with Gasteiger partial charge in [-0.25, -0.2) is 14.2 Å². The number of aliphatic hydroxyl groups excluding tert-OH is 1. The summed E-state index contributed by atoms with van der Waals surface area (Å²) in [5, 5.41) is 20.4. The highest BCUT2D eigenvalue weighted by Crippen LogP contribution is 2.51. The second kappa shape index (κ2) is 4.89. The number of hydrogen-bond donors (Lipinski definition) is 2. The van der Waals surface area contributed by atoms with Crippen molar-refractivity contribution in [2.45, 2.75) is 37.1 Å². The molecule has 0 amide bonds. The van der Waals surface area contributed by atoms with Crippen molar-refractivity contribution >= 4 is 5.69 Å². The molecular formula is C16H12F3N3O3. The highest BCUT2D eigenvalue weighted by Gasteiger charge is 2.48. The molecule has 1 fully saturated rings. The number of aromatic hydroxyl groups is 1. The summed E-state index contributed by atoms with van der Waals surface area (Å²) < 4.78 is 41.5. The number of nitrogens with zero attached hydrogens (tertiary/aromatic N) is 3. The van der Waals surface area contributed by atoms with Crippen LogP contribution in [0.4, 0.5) is 18.9 Å². The van der Waals surface area contributed by atoms with E-state index in [1.54, 1.807) is 0 Å². The van der Waals surface area contributed by atoms with Crippen LogP contribution < -0.4 is 5.69 Å². The maximum atomic E-state index is 13.1. The molecule has 2 N–H and O–H groups in total. The van der Waals surface area contributed by atoms with E-state index in [1.807, 2.05) is 0 Å². The molecule has 2 unspecified atom stereocenters. The summed E-state index contributed by atoms with van der Waals surface area (Å²) >= 11 is 0. The van der Waals surface area contributed by atoms with Crippen LogP contribution in [0.3, 0.4) is 0 Å². The summed E-state index contributed by atoms with van der Waals surface area (Å²) in [6, 6.07) is 2.38. The van der Waals surface area contributed by atoms with Crippen LogP contribution in [0.25, 0.3) is 10.5 Å². The second-order valence-electron chi connectivity index (χ2n) is 6.31. The van der Waals surface area contributed by atoms with E-state index in [0.29, 0.717) is 24.6 Å². The molecule has 4 rings (SSSR count). The quantitative estimate of drug-likeness (QED) is 0.776. The van der Waals surface area contributed by atoms with Crippen molar-refractivity contribution in [3.63, 3.8) is 0 Å². The van der Waals surface area contributed by atoms with E-state index in [2.05, 4.69) is 4.85 Å².